The second-order valence-electron chi connectivity index (χ2n) is 7.05. The van der Waals surface area contributed by atoms with Crippen LogP contribution in [-0.4, -0.2) is 25.8 Å². The number of sulfonamides is 1. The standard InChI is InChI=1S/C17H27NO2S/c1-14-9-10-15(17(2,3)4)13-16(14)21(19,20)18-11-7-5-6-8-12-18/h9-10,13H,5-8,11-12H2,1-4H3. The summed E-state index contributed by atoms with van der Waals surface area (Å²) in [6.07, 6.45) is 4.20. The van der Waals surface area contributed by atoms with Crippen molar-refractivity contribution < 1.29 is 8.42 Å². The van der Waals surface area contributed by atoms with Crippen LogP contribution in [0.25, 0.3) is 0 Å². The molecule has 1 saturated heterocycles. The van der Waals surface area contributed by atoms with E-state index in [2.05, 4.69) is 20.8 Å². The number of aryl methyl sites for hydroxylation is 1. The van der Waals surface area contributed by atoms with E-state index >= 15 is 0 Å². The van der Waals surface area contributed by atoms with E-state index in [1.54, 1.807) is 4.31 Å². The lowest BCUT2D eigenvalue weighted by Crippen LogP contribution is -2.32. The average molecular weight is 309 g/mol. The normalized spacial score (nSPS) is 18.5. The third kappa shape index (κ3) is 3.67. The molecule has 1 heterocycles. The summed E-state index contributed by atoms with van der Waals surface area (Å²) in [7, 11) is -3.37. The molecule has 1 aliphatic heterocycles. The van der Waals surface area contributed by atoms with Crippen LogP contribution in [0.5, 0.6) is 0 Å². The van der Waals surface area contributed by atoms with Crippen LogP contribution in [0.1, 0.15) is 57.6 Å². The van der Waals surface area contributed by atoms with Crippen LogP contribution in [0.15, 0.2) is 23.1 Å². The van der Waals surface area contributed by atoms with E-state index in [1.807, 2.05) is 25.1 Å². The summed E-state index contributed by atoms with van der Waals surface area (Å²) in [5, 5.41) is 0. The van der Waals surface area contributed by atoms with Crippen molar-refractivity contribution >= 4 is 10.0 Å². The molecule has 0 atom stereocenters. The van der Waals surface area contributed by atoms with E-state index in [0.29, 0.717) is 18.0 Å². The first-order valence-corrected chi connectivity index (χ1v) is 9.28. The van der Waals surface area contributed by atoms with Gasteiger partial charge in [-0.25, -0.2) is 8.42 Å². The van der Waals surface area contributed by atoms with Gasteiger partial charge < -0.3 is 0 Å². The molecule has 0 aliphatic carbocycles. The maximum atomic E-state index is 13.0. The van der Waals surface area contributed by atoms with Crippen molar-refractivity contribution in [3.8, 4) is 0 Å². The van der Waals surface area contributed by atoms with Gasteiger partial charge in [-0.1, -0.05) is 45.7 Å². The second-order valence-corrected chi connectivity index (χ2v) is 8.95. The van der Waals surface area contributed by atoms with E-state index in [0.717, 1.165) is 36.8 Å². The lowest BCUT2D eigenvalue weighted by Gasteiger charge is -2.24. The largest absolute Gasteiger partial charge is 0.243 e. The molecule has 1 aromatic carbocycles. The predicted molar refractivity (Wildman–Crippen MR) is 87.1 cm³/mol. The van der Waals surface area contributed by atoms with Gasteiger partial charge in [0.15, 0.2) is 0 Å². The highest BCUT2D eigenvalue weighted by molar-refractivity contribution is 7.89. The summed E-state index contributed by atoms with van der Waals surface area (Å²) in [6.45, 7) is 9.53. The molecule has 0 unspecified atom stereocenters. The summed E-state index contributed by atoms with van der Waals surface area (Å²) in [5.41, 5.74) is 1.87. The van der Waals surface area contributed by atoms with Crippen LogP contribution in [0.2, 0.25) is 0 Å². The summed E-state index contributed by atoms with van der Waals surface area (Å²) in [6, 6.07) is 5.84. The Balaban J connectivity index is 2.43. The lowest BCUT2D eigenvalue weighted by molar-refractivity contribution is 0.423. The van der Waals surface area contributed by atoms with Crippen molar-refractivity contribution in [1.29, 1.82) is 0 Å². The highest BCUT2D eigenvalue weighted by atomic mass is 32.2. The Labute approximate surface area is 129 Å². The van der Waals surface area contributed by atoms with E-state index < -0.39 is 10.0 Å². The molecule has 0 radical (unpaired) electrons. The van der Waals surface area contributed by atoms with E-state index in [1.165, 1.54) is 0 Å². The van der Waals surface area contributed by atoms with E-state index in [9.17, 15) is 8.42 Å². The van der Waals surface area contributed by atoms with Gasteiger partial charge in [-0.2, -0.15) is 4.31 Å². The van der Waals surface area contributed by atoms with Crippen molar-refractivity contribution in [2.75, 3.05) is 13.1 Å². The maximum Gasteiger partial charge on any atom is 0.243 e. The van der Waals surface area contributed by atoms with Gasteiger partial charge in [0.05, 0.1) is 4.90 Å². The molecule has 1 aliphatic rings. The molecule has 21 heavy (non-hydrogen) atoms. The third-order valence-corrected chi connectivity index (χ3v) is 6.28. The molecule has 4 heteroatoms. The molecule has 0 spiro atoms. The van der Waals surface area contributed by atoms with Crippen LogP contribution < -0.4 is 0 Å². The average Bonchev–Trinajstić information content (AvgIpc) is 2.66. The summed E-state index contributed by atoms with van der Waals surface area (Å²) < 4.78 is 27.6. The van der Waals surface area contributed by atoms with E-state index in [4.69, 9.17) is 0 Å². The first-order valence-electron chi connectivity index (χ1n) is 7.84. The van der Waals surface area contributed by atoms with Gasteiger partial charge in [0.2, 0.25) is 10.0 Å². The number of hydrogen-bond acceptors (Lipinski definition) is 2. The van der Waals surface area contributed by atoms with Crippen LogP contribution in [-0.2, 0) is 15.4 Å². The van der Waals surface area contributed by atoms with Gasteiger partial charge in [0, 0.05) is 13.1 Å². The summed E-state index contributed by atoms with van der Waals surface area (Å²) in [5.74, 6) is 0. The summed E-state index contributed by atoms with van der Waals surface area (Å²) in [4.78, 5) is 0.483. The molecule has 0 N–H and O–H groups in total. The fourth-order valence-electron chi connectivity index (χ4n) is 2.77. The van der Waals surface area contributed by atoms with Gasteiger partial charge >= 0.3 is 0 Å². The first kappa shape index (κ1) is 16.5. The van der Waals surface area contributed by atoms with Crippen molar-refractivity contribution in [1.82, 2.24) is 4.31 Å². The second kappa shape index (κ2) is 6.09. The van der Waals surface area contributed by atoms with Crippen LogP contribution in [0.4, 0.5) is 0 Å². The minimum atomic E-state index is -3.37. The third-order valence-electron chi connectivity index (χ3n) is 4.24. The number of rotatable bonds is 2. The smallest absolute Gasteiger partial charge is 0.207 e. The Kier molecular flexibility index (Phi) is 4.79. The molecular formula is C17H27NO2S. The highest BCUT2D eigenvalue weighted by Gasteiger charge is 2.28. The molecule has 1 aromatic rings. The van der Waals surface area contributed by atoms with Gasteiger partial charge in [0.1, 0.15) is 0 Å². The van der Waals surface area contributed by atoms with Crippen molar-refractivity contribution in [2.24, 2.45) is 0 Å². The molecule has 118 valence electrons. The highest BCUT2D eigenvalue weighted by Crippen LogP contribution is 2.29. The van der Waals surface area contributed by atoms with Gasteiger partial charge in [-0.05, 0) is 42.4 Å². The fourth-order valence-corrected chi connectivity index (χ4v) is 4.53. The van der Waals surface area contributed by atoms with Gasteiger partial charge in [0.25, 0.3) is 0 Å². The van der Waals surface area contributed by atoms with Gasteiger partial charge in [-0.15, -0.1) is 0 Å². The quantitative estimate of drug-likeness (QED) is 0.832. The zero-order valence-corrected chi connectivity index (χ0v) is 14.5. The SMILES string of the molecule is Cc1ccc(C(C)(C)C)cc1S(=O)(=O)N1CCCCCC1. The fraction of sp³-hybridized carbons (Fsp3) is 0.647. The Morgan fingerprint density at radius 1 is 1.00 bits per heavy atom. The first-order chi connectivity index (χ1) is 9.73. The van der Waals surface area contributed by atoms with Crippen LogP contribution in [0.3, 0.4) is 0 Å². The van der Waals surface area contributed by atoms with Crippen molar-refractivity contribution in [2.45, 2.75) is 63.7 Å². The maximum absolute atomic E-state index is 13.0. The lowest BCUT2D eigenvalue weighted by atomic mass is 9.87. The molecule has 0 saturated carbocycles. The molecular weight excluding hydrogens is 282 g/mol. The predicted octanol–water partition coefficient (Wildman–Crippen LogP) is 3.86. The molecule has 1 fully saturated rings. The van der Waals surface area contributed by atoms with Crippen LogP contribution in [0, 0.1) is 6.92 Å². The minimum absolute atomic E-state index is 0.0449. The van der Waals surface area contributed by atoms with Gasteiger partial charge in [-0.3, -0.25) is 0 Å². The minimum Gasteiger partial charge on any atom is -0.207 e. The molecule has 0 bridgehead atoms. The Bertz CT molecular complexity index is 592. The molecule has 3 nitrogen and oxygen atoms in total. The molecule has 0 amide bonds. The Morgan fingerprint density at radius 2 is 1.57 bits per heavy atom. The molecule has 0 aromatic heterocycles. The monoisotopic (exact) mass is 309 g/mol. The number of benzene rings is 1. The summed E-state index contributed by atoms with van der Waals surface area (Å²) >= 11 is 0. The zero-order valence-electron chi connectivity index (χ0n) is 13.6. The number of hydrogen-bond donors (Lipinski definition) is 0. The Morgan fingerprint density at radius 3 is 2.10 bits per heavy atom. The Hall–Kier alpha value is -0.870. The number of nitrogens with zero attached hydrogens (tertiary/aromatic N) is 1. The van der Waals surface area contributed by atoms with E-state index in [-0.39, 0.29) is 5.41 Å². The molecule has 2 rings (SSSR count). The zero-order chi connectivity index (χ0) is 15.7. The van der Waals surface area contributed by atoms with Crippen molar-refractivity contribution in [3.05, 3.63) is 29.3 Å². The van der Waals surface area contributed by atoms with Crippen molar-refractivity contribution in [3.63, 3.8) is 0 Å². The van der Waals surface area contributed by atoms with Crippen LogP contribution >= 0.6 is 0 Å². The topological polar surface area (TPSA) is 37.4 Å².